The second-order valence-electron chi connectivity index (χ2n) is 6.79. The minimum atomic E-state index is -0.585. The second kappa shape index (κ2) is 8.46. The lowest BCUT2D eigenvalue weighted by molar-refractivity contribution is -0.384. The van der Waals surface area contributed by atoms with Crippen molar-refractivity contribution < 1.29 is 19.2 Å². The van der Waals surface area contributed by atoms with Gasteiger partial charge in [-0.1, -0.05) is 0 Å². The molecule has 26 heavy (non-hydrogen) atoms. The highest BCUT2D eigenvalue weighted by molar-refractivity contribution is 5.96. The van der Waals surface area contributed by atoms with Gasteiger partial charge in [-0.2, -0.15) is 0 Å². The van der Waals surface area contributed by atoms with Gasteiger partial charge in [-0.25, -0.2) is 4.79 Å². The first-order valence-electron chi connectivity index (χ1n) is 9.02. The highest BCUT2D eigenvalue weighted by atomic mass is 16.6. The molecule has 8 nitrogen and oxygen atoms in total. The van der Waals surface area contributed by atoms with E-state index in [4.69, 9.17) is 9.47 Å². The van der Waals surface area contributed by atoms with Crippen LogP contribution < -0.4 is 5.32 Å². The lowest BCUT2D eigenvalue weighted by Gasteiger charge is -2.32. The Morgan fingerprint density at radius 2 is 2.23 bits per heavy atom. The zero-order valence-electron chi connectivity index (χ0n) is 15.0. The van der Waals surface area contributed by atoms with Crippen molar-refractivity contribution in [1.29, 1.82) is 0 Å². The first kappa shape index (κ1) is 18.6. The predicted octanol–water partition coefficient (Wildman–Crippen LogP) is 2.29. The maximum atomic E-state index is 12.1. The van der Waals surface area contributed by atoms with Crippen LogP contribution in [0.15, 0.2) is 18.2 Å². The third-order valence-corrected chi connectivity index (χ3v) is 5.24. The maximum Gasteiger partial charge on any atom is 0.340 e. The van der Waals surface area contributed by atoms with E-state index in [0.29, 0.717) is 24.2 Å². The number of hydrogen-bond acceptors (Lipinski definition) is 7. The number of anilines is 1. The van der Waals surface area contributed by atoms with E-state index in [-0.39, 0.29) is 11.3 Å². The Labute approximate surface area is 152 Å². The molecule has 0 aliphatic carbocycles. The molecule has 1 N–H and O–H groups in total. The molecule has 0 bridgehead atoms. The Hall–Kier alpha value is -2.19. The van der Waals surface area contributed by atoms with Gasteiger partial charge in [0.25, 0.3) is 5.69 Å². The van der Waals surface area contributed by atoms with E-state index in [1.54, 1.807) is 6.07 Å². The van der Waals surface area contributed by atoms with E-state index in [2.05, 4.69) is 10.2 Å². The third-order valence-electron chi connectivity index (χ3n) is 5.24. The Balaban J connectivity index is 1.77. The van der Waals surface area contributed by atoms with Crippen LogP contribution in [0, 0.1) is 16.0 Å². The molecule has 2 saturated heterocycles. The van der Waals surface area contributed by atoms with E-state index < -0.39 is 10.9 Å². The van der Waals surface area contributed by atoms with Crippen molar-refractivity contribution in [3.8, 4) is 0 Å². The zero-order valence-corrected chi connectivity index (χ0v) is 15.0. The van der Waals surface area contributed by atoms with Crippen LogP contribution in [0.5, 0.6) is 0 Å². The molecular formula is C18H25N3O5. The smallest absolute Gasteiger partial charge is 0.340 e. The Kier molecular flexibility index (Phi) is 6.05. The molecule has 0 saturated carbocycles. The molecule has 2 heterocycles. The van der Waals surface area contributed by atoms with Crippen molar-refractivity contribution in [3.05, 3.63) is 33.9 Å². The van der Waals surface area contributed by atoms with Crippen LogP contribution in [-0.4, -0.2) is 61.8 Å². The summed E-state index contributed by atoms with van der Waals surface area (Å²) in [7, 11) is 1.27. The average molecular weight is 363 g/mol. The normalized spacial score (nSPS) is 21.5. The van der Waals surface area contributed by atoms with Gasteiger partial charge in [0.15, 0.2) is 0 Å². The quantitative estimate of drug-likeness (QED) is 0.451. The predicted molar refractivity (Wildman–Crippen MR) is 96.4 cm³/mol. The molecule has 2 atom stereocenters. The monoisotopic (exact) mass is 363 g/mol. The molecule has 0 spiro atoms. The second-order valence-corrected chi connectivity index (χ2v) is 6.79. The number of nitrogens with zero attached hydrogens (tertiary/aromatic N) is 2. The van der Waals surface area contributed by atoms with Crippen molar-refractivity contribution in [2.24, 2.45) is 5.92 Å². The van der Waals surface area contributed by atoms with Gasteiger partial charge < -0.3 is 14.8 Å². The van der Waals surface area contributed by atoms with Gasteiger partial charge in [0.2, 0.25) is 0 Å². The van der Waals surface area contributed by atoms with Crippen molar-refractivity contribution in [1.82, 2.24) is 4.90 Å². The molecule has 0 aromatic heterocycles. The largest absolute Gasteiger partial charge is 0.465 e. The number of hydrogen-bond donors (Lipinski definition) is 1. The summed E-state index contributed by atoms with van der Waals surface area (Å²) in [6.07, 6.45) is 3.44. The summed E-state index contributed by atoms with van der Waals surface area (Å²) >= 11 is 0. The zero-order chi connectivity index (χ0) is 18.5. The summed E-state index contributed by atoms with van der Waals surface area (Å²) < 4.78 is 10.4. The molecule has 0 radical (unpaired) electrons. The van der Waals surface area contributed by atoms with E-state index in [1.165, 1.54) is 32.1 Å². The van der Waals surface area contributed by atoms with Crippen LogP contribution in [0.1, 0.15) is 29.6 Å². The van der Waals surface area contributed by atoms with Crippen molar-refractivity contribution >= 4 is 17.3 Å². The van der Waals surface area contributed by atoms with Crippen molar-refractivity contribution in [2.75, 3.05) is 45.3 Å². The fraction of sp³-hybridized carbons (Fsp3) is 0.611. The summed E-state index contributed by atoms with van der Waals surface area (Å²) in [5.41, 5.74) is 0.617. The lowest BCUT2D eigenvalue weighted by atomic mass is 9.97. The molecule has 2 aliphatic rings. The number of likely N-dealkylation sites (tertiary alicyclic amines) is 1. The first-order chi connectivity index (χ1) is 12.6. The Morgan fingerprint density at radius 1 is 1.46 bits per heavy atom. The van der Waals surface area contributed by atoms with Crippen LogP contribution >= 0.6 is 0 Å². The molecular weight excluding hydrogens is 338 g/mol. The van der Waals surface area contributed by atoms with E-state index in [0.717, 1.165) is 32.7 Å². The topological polar surface area (TPSA) is 93.9 Å². The van der Waals surface area contributed by atoms with Crippen molar-refractivity contribution in [2.45, 2.75) is 25.3 Å². The number of benzene rings is 1. The molecule has 1 aromatic carbocycles. The van der Waals surface area contributed by atoms with E-state index in [1.807, 2.05) is 0 Å². The highest BCUT2D eigenvalue weighted by Gasteiger charge is 2.32. The summed E-state index contributed by atoms with van der Waals surface area (Å²) in [5, 5.41) is 14.3. The number of nitrogens with one attached hydrogen (secondary N) is 1. The summed E-state index contributed by atoms with van der Waals surface area (Å²) in [4.78, 5) is 25.0. The van der Waals surface area contributed by atoms with Gasteiger partial charge in [-0.3, -0.25) is 15.0 Å². The molecule has 2 unspecified atom stereocenters. The number of ether oxygens (including phenoxy) is 2. The van der Waals surface area contributed by atoms with Crippen LogP contribution in [0.3, 0.4) is 0 Å². The van der Waals surface area contributed by atoms with Crippen LogP contribution in [0.25, 0.3) is 0 Å². The molecule has 0 amide bonds. The summed E-state index contributed by atoms with van der Waals surface area (Å²) in [6, 6.07) is 4.56. The molecule has 8 heteroatoms. The van der Waals surface area contributed by atoms with Crippen LogP contribution in [0.4, 0.5) is 11.4 Å². The number of non-ortho nitro benzene ring substituents is 1. The number of methoxy groups -OCH3 is 1. The van der Waals surface area contributed by atoms with Gasteiger partial charge in [0.1, 0.15) is 0 Å². The number of nitro benzene ring substituents is 1. The van der Waals surface area contributed by atoms with Gasteiger partial charge >= 0.3 is 5.97 Å². The van der Waals surface area contributed by atoms with Crippen LogP contribution in [0.2, 0.25) is 0 Å². The Morgan fingerprint density at radius 3 is 2.85 bits per heavy atom. The standard InChI is InChI=1S/C18H25N3O5/c1-25-18(22)15-10-14(21(23)24)4-5-16(15)19-11-17(13-6-9-26-12-13)20-7-2-3-8-20/h4-5,10,13,17,19H,2-3,6-9,11-12H2,1H3. The molecule has 142 valence electrons. The van der Waals surface area contributed by atoms with E-state index >= 15 is 0 Å². The number of rotatable bonds is 7. The molecule has 1 aromatic rings. The number of carbonyl (C=O) groups is 1. The highest BCUT2D eigenvalue weighted by Crippen LogP contribution is 2.27. The van der Waals surface area contributed by atoms with Gasteiger partial charge in [0.05, 0.1) is 24.2 Å². The first-order valence-corrected chi connectivity index (χ1v) is 9.02. The van der Waals surface area contributed by atoms with Crippen molar-refractivity contribution in [3.63, 3.8) is 0 Å². The maximum absolute atomic E-state index is 12.1. The Bertz CT molecular complexity index is 638. The number of nitro groups is 1. The summed E-state index contributed by atoms with van der Waals surface area (Å²) in [6.45, 7) is 4.36. The van der Waals surface area contributed by atoms with Gasteiger partial charge in [-0.05, 0) is 38.4 Å². The number of carbonyl (C=O) groups excluding carboxylic acids is 1. The number of esters is 1. The third kappa shape index (κ3) is 4.13. The molecule has 2 aliphatic heterocycles. The average Bonchev–Trinajstić information content (AvgIpc) is 3.35. The van der Waals surface area contributed by atoms with Gasteiger partial charge in [0, 0.05) is 42.9 Å². The fourth-order valence-corrected chi connectivity index (χ4v) is 3.82. The minimum absolute atomic E-state index is 0.128. The van der Waals surface area contributed by atoms with Gasteiger partial charge in [-0.15, -0.1) is 0 Å². The summed E-state index contributed by atoms with van der Waals surface area (Å²) in [5.74, 6) is -0.127. The molecule has 2 fully saturated rings. The fourth-order valence-electron chi connectivity index (χ4n) is 3.82. The molecule has 3 rings (SSSR count). The van der Waals surface area contributed by atoms with E-state index in [9.17, 15) is 14.9 Å². The lowest BCUT2D eigenvalue weighted by Crippen LogP contribution is -2.44. The SMILES string of the molecule is COC(=O)c1cc([N+](=O)[O-])ccc1NCC(C1CCOC1)N1CCCC1. The van der Waals surface area contributed by atoms with Crippen LogP contribution in [-0.2, 0) is 9.47 Å². The minimum Gasteiger partial charge on any atom is -0.465 e.